The average molecular weight is 546 g/mol. The summed E-state index contributed by atoms with van der Waals surface area (Å²) in [4.78, 5) is 20.0. The summed E-state index contributed by atoms with van der Waals surface area (Å²) in [6, 6.07) is 16.1. The van der Waals surface area contributed by atoms with E-state index in [4.69, 9.17) is 9.72 Å². The van der Waals surface area contributed by atoms with Crippen LogP contribution >= 0.6 is 0 Å². The molecule has 2 aromatic carbocycles. The number of unbranched alkanes of at least 4 members (excludes halogenated alkanes) is 2. The minimum atomic E-state index is -0.508. The van der Waals surface area contributed by atoms with Gasteiger partial charge in [0.2, 0.25) is 0 Å². The van der Waals surface area contributed by atoms with Gasteiger partial charge in [0.1, 0.15) is 17.1 Å². The first-order valence-corrected chi connectivity index (χ1v) is 15.3. The van der Waals surface area contributed by atoms with E-state index in [2.05, 4.69) is 59.8 Å². The summed E-state index contributed by atoms with van der Waals surface area (Å²) in [5, 5.41) is 10.3. The summed E-state index contributed by atoms with van der Waals surface area (Å²) in [5.41, 5.74) is 3.67. The van der Waals surface area contributed by atoms with Crippen LogP contribution in [-0.2, 0) is 17.8 Å². The molecule has 40 heavy (non-hydrogen) atoms. The molecule has 1 fully saturated rings. The van der Waals surface area contributed by atoms with Crippen molar-refractivity contribution in [2.24, 2.45) is 5.92 Å². The Labute approximate surface area is 240 Å². The number of methoxy groups -OCH3 is 1. The van der Waals surface area contributed by atoms with Crippen LogP contribution in [0.3, 0.4) is 0 Å². The van der Waals surface area contributed by atoms with Gasteiger partial charge in [0.05, 0.1) is 25.0 Å². The summed E-state index contributed by atoms with van der Waals surface area (Å²) < 4.78 is 7.40. The standard InChI is InChI=1S/C34H47N3O3/c1-4-6-18-30(31-23-35-33(37(31)21-7-5-2)28-16-12-9-13-17-28)36(24-26-14-10-8-11-15-26)25-27-19-20-32(38)29(22-27)34(39)40-3/h9,12-13,16-17,19-20,22-23,26,30,38H,4-8,10-11,14-15,18,21,24-25H2,1-3H3. The molecule has 0 spiro atoms. The summed E-state index contributed by atoms with van der Waals surface area (Å²) in [6.45, 7) is 7.17. The fourth-order valence-electron chi connectivity index (χ4n) is 6.13. The number of phenols is 1. The van der Waals surface area contributed by atoms with Crippen molar-refractivity contribution in [3.63, 3.8) is 0 Å². The summed E-state index contributed by atoms with van der Waals surface area (Å²) in [7, 11) is 1.35. The number of phenolic OH excluding ortho intramolecular Hbond substituents is 1. The maximum absolute atomic E-state index is 12.4. The van der Waals surface area contributed by atoms with Crippen LogP contribution in [-0.4, -0.2) is 39.2 Å². The highest BCUT2D eigenvalue weighted by Crippen LogP contribution is 2.35. The lowest BCUT2D eigenvalue weighted by Crippen LogP contribution is -2.35. The van der Waals surface area contributed by atoms with Gasteiger partial charge in [-0.15, -0.1) is 0 Å². The number of hydrogen-bond acceptors (Lipinski definition) is 5. The zero-order chi connectivity index (χ0) is 28.3. The van der Waals surface area contributed by atoms with Gasteiger partial charge in [-0.3, -0.25) is 4.90 Å². The summed E-state index contributed by atoms with van der Waals surface area (Å²) >= 11 is 0. The van der Waals surface area contributed by atoms with E-state index in [0.29, 0.717) is 12.5 Å². The van der Waals surface area contributed by atoms with Gasteiger partial charge in [-0.1, -0.05) is 88.8 Å². The topological polar surface area (TPSA) is 67.6 Å². The van der Waals surface area contributed by atoms with Gasteiger partial charge in [-0.25, -0.2) is 9.78 Å². The molecule has 216 valence electrons. The quantitative estimate of drug-likeness (QED) is 0.207. The molecule has 0 radical (unpaired) electrons. The Kier molecular flexibility index (Phi) is 11.2. The van der Waals surface area contributed by atoms with Crippen molar-refractivity contribution in [1.29, 1.82) is 0 Å². The SMILES string of the molecule is CCCCC(c1cnc(-c2ccccc2)n1CCCC)N(Cc1ccc(O)c(C(=O)OC)c1)CC1CCCCC1. The van der Waals surface area contributed by atoms with Crippen molar-refractivity contribution in [1.82, 2.24) is 14.5 Å². The van der Waals surface area contributed by atoms with Gasteiger partial charge in [0, 0.05) is 25.2 Å². The number of carbonyl (C=O) groups excluding carboxylic acids is 1. The lowest BCUT2D eigenvalue weighted by atomic mass is 9.88. The fraction of sp³-hybridized carbons (Fsp3) is 0.529. The van der Waals surface area contributed by atoms with Crippen LogP contribution in [0.1, 0.15) is 106 Å². The number of esters is 1. The number of nitrogens with zero attached hydrogens (tertiary/aromatic N) is 3. The number of aromatic nitrogens is 2. The molecule has 6 nitrogen and oxygen atoms in total. The zero-order valence-electron chi connectivity index (χ0n) is 24.6. The van der Waals surface area contributed by atoms with E-state index in [1.165, 1.54) is 44.9 Å². The van der Waals surface area contributed by atoms with Gasteiger partial charge in [-0.05, 0) is 49.3 Å². The van der Waals surface area contributed by atoms with Crippen LogP contribution < -0.4 is 0 Å². The lowest BCUT2D eigenvalue weighted by Gasteiger charge is -2.36. The number of ether oxygens (including phenoxy) is 1. The minimum absolute atomic E-state index is 0.0397. The number of carbonyl (C=O) groups is 1. The predicted octanol–water partition coefficient (Wildman–Crippen LogP) is 8.16. The Bertz CT molecular complexity index is 1200. The maximum atomic E-state index is 12.4. The molecule has 1 unspecified atom stereocenters. The molecule has 0 amide bonds. The van der Waals surface area contributed by atoms with Gasteiger partial charge in [-0.2, -0.15) is 0 Å². The number of imidazole rings is 1. The first-order chi connectivity index (χ1) is 19.5. The zero-order valence-corrected chi connectivity index (χ0v) is 24.6. The fourth-order valence-corrected chi connectivity index (χ4v) is 6.13. The van der Waals surface area contributed by atoms with Crippen molar-refractivity contribution >= 4 is 5.97 Å². The molecule has 1 aliphatic carbocycles. The highest BCUT2D eigenvalue weighted by molar-refractivity contribution is 5.92. The third kappa shape index (κ3) is 7.54. The molecule has 1 aliphatic rings. The second-order valence-corrected chi connectivity index (χ2v) is 11.3. The van der Waals surface area contributed by atoms with E-state index in [-0.39, 0.29) is 17.4 Å². The molecule has 1 aromatic heterocycles. The number of benzene rings is 2. The van der Waals surface area contributed by atoms with Crippen LogP contribution in [0.4, 0.5) is 0 Å². The largest absolute Gasteiger partial charge is 0.507 e. The first-order valence-electron chi connectivity index (χ1n) is 15.3. The number of rotatable bonds is 14. The van der Waals surface area contributed by atoms with Crippen molar-refractivity contribution in [2.75, 3.05) is 13.7 Å². The smallest absolute Gasteiger partial charge is 0.341 e. The molecule has 0 saturated heterocycles. The van der Waals surface area contributed by atoms with Gasteiger partial charge < -0.3 is 14.4 Å². The molecular weight excluding hydrogens is 498 g/mol. The Balaban J connectivity index is 1.75. The second kappa shape index (κ2) is 15.0. The monoisotopic (exact) mass is 545 g/mol. The molecule has 3 aromatic rings. The van der Waals surface area contributed by atoms with Crippen LogP contribution in [0.25, 0.3) is 11.4 Å². The van der Waals surface area contributed by atoms with Crippen molar-refractivity contribution < 1.29 is 14.6 Å². The lowest BCUT2D eigenvalue weighted by molar-refractivity contribution is 0.0597. The third-order valence-electron chi connectivity index (χ3n) is 8.34. The van der Waals surface area contributed by atoms with E-state index >= 15 is 0 Å². The highest BCUT2D eigenvalue weighted by Gasteiger charge is 2.29. The Morgan fingerprint density at radius 1 is 1.07 bits per heavy atom. The Morgan fingerprint density at radius 2 is 1.82 bits per heavy atom. The van der Waals surface area contributed by atoms with Crippen molar-refractivity contribution in [3.8, 4) is 17.1 Å². The van der Waals surface area contributed by atoms with E-state index in [1.807, 2.05) is 6.07 Å². The van der Waals surface area contributed by atoms with E-state index in [9.17, 15) is 9.90 Å². The van der Waals surface area contributed by atoms with Gasteiger partial charge >= 0.3 is 5.97 Å². The van der Waals surface area contributed by atoms with Gasteiger partial charge in [0.15, 0.2) is 0 Å². The molecule has 1 N–H and O–H groups in total. The molecule has 4 rings (SSSR count). The molecule has 0 bridgehead atoms. The third-order valence-corrected chi connectivity index (χ3v) is 8.34. The molecule has 1 saturated carbocycles. The summed E-state index contributed by atoms with van der Waals surface area (Å²) in [6.07, 6.45) is 14.1. The summed E-state index contributed by atoms with van der Waals surface area (Å²) in [5.74, 6) is 1.16. The predicted molar refractivity (Wildman–Crippen MR) is 161 cm³/mol. The normalized spacial score (nSPS) is 14.9. The minimum Gasteiger partial charge on any atom is -0.507 e. The molecule has 1 heterocycles. The molecule has 0 aliphatic heterocycles. The average Bonchev–Trinajstić information content (AvgIpc) is 3.41. The Hall–Kier alpha value is -3.12. The van der Waals surface area contributed by atoms with Crippen LogP contribution in [0.5, 0.6) is 5.75 Å². The molecule has 1 atom stereocenters. The van der Waals surface area contributed by atoms with Crippen LogP contribution in [0.2, 0.25) is 0 Å². The molecular formula is C34H47N3O3. The molecule has 6 heteroatoms. The van der Waals surface area contributed by atoms with Crippen LogP contribution in [0, 0.1) is 5.92 Å². The van der Waals surface area contributed by atoms with E-state index in [0.717, 1.165) is 62.1 Å². The van der Waals surface area contributed by atoms with E-state index in [1.54, 1.807) is 12.1 Å². The van der Waals surface area contributed by atoms with Crippen LogP contribution in [0.15, 0.2) is 54.7 Å². The van der Waals surface area contributed by atoms with Gasteiger partial charge in [0.25, 0.3) is 0 Å². The number of aromatic hydroxyl groups is 1. The van der Waals surface area contributed by atoms with E-state index < -0.39 is 5.97 Å². The Morgan fingerprint density at radius 3 is 2.52 bits per heavy atom. The van der Waals surface area contributed by atoms with Crippen molar-refractivity contribution in [2.45, 2.75) is 97.2 Å². The maximum Gasteiger partial charge on any atom is 0.341 e. The highest BCUT2D eigenvalue weighted by atomic mass is 16.5. The second-order valence-electron chi connectivity index (χ2n) is 11.3. The number of hydrogen-bond donors (Lipinski definition) is 1. The first kappa shape index (κ1) is 29.9. The van der Waals surface area contributed by atoms with Crippen molar-refractivity contribution in [3.05, 3.63) is 71.5 Å².